The van der Waals surface area contributed by atoms with Crippen LogP contribution in [0.25, 0.3) is 22.2 Å². The molecule has 34 heavy (non-hydrogen) atoms. The van der Waals surface area contributed by atoms with E-state index in [9.17, 15) is 13.6 Å². The molecule has 0 aliphatic carbocycles. The van der Waals surface area contributed by atoms with Crippen molar-refractivity contribution in [3.63, 3.8) is 0 Å². The number of aromatic nitrogens is 1. The Bertz CT molecular complexity index is 1340. The highest BCUT2D eigenvalue weighted by Gasteiger charge is 2.17. The molecule has 0 radical (unpaired) electrons. The highest BCUT2D eigenvalue weighted by molar-refractivity contribution is 6.03. The van der Waals surface area contributed by atoms with Crippen molar-refractivity contribution in [3.8, 4) is 11.3 Å². The first-order chi connectivity index (χ1) is 16.6. The third-order valence-corrected chi connectivity index (χ3v) is 5.65. The molecule has 8 heteroatoms. The van der Waals surface area contributed by atoms with Gasteiger partial charge in [-0.2, -0.15) is 0 Å². The van der Waals surface area contributed by atoms with Gasteiger partial charge in [-0.3, -0.25) is 0 Å². The maximum atomic E-state index is 13.9. The van der Waals surface area contributed by atoms with Gasteiger partial charge in [0.05, 0.1) is 30.1 Å². The Kier molecular flexibility index (Phi) is 6.05. The maximum absolute atomic E-state index is 13.9. The predicted molar refractivity (Wildman–Crippen MR) is 129 cm³/mol. The number of hydrogen-bond donors (Lipinski definition) is 2. The van der Waals surface area contributed by atoms with Gasteiger partial charge in [-0.25, -0.2) is 18.6 Å². The van der Waals surface area contributed by atoms with E-state index in [2.05, 4.69) is 21.6 Å². The Morgan fingerprint density at radius 3 is 2.47 bits per heavy atom. The first-order valence-corrected chi connectivity index (χ1v) is 10.9. The number of fused-ring (bicyclic) bond motifs is 1. The maximum Gasteiger partial charge on any atom is 0.323 e. The minimum atomic E-state index is -0.846. The minimum Gasteiger partial charge on any atom is -0.378 e. The number of pyridine rings is 1. The number of carbonyl (C=O) groups excluding carboxylic acids is 1. The van der Waals surface area contributed by atoms with Gasteiger partial charge in [0.2, 0.25) is 0 Å². The molecule has 2 heterocycles. The van der Waals surface area contributed by atoms with Gasteiger partial charge in [-0.1, -0.05) is 30.3 Å². The molecule has 0 unspecified atom stereocenters. The van der Waals surface area contributed by atoms with Gasteiger partial charge in [0.25, 0.3) is 0 Å². The first-order valence-electron chi connectivity index (χ1n) is 10.9. The van der Waals surface area contributed by atoms with Gasteiger partial charge < -0.3 is 20.3 Å². The summed E-state index contributed by atoms with van der Waals surface area (Å²) in [6, 6.07) is 19.8. The largest absolute Gasteiger partial charge is 0.378 e. The number of morpholine rings is 1. The van der Waals surface area contributed by atoms with Crippen molar-refractivity contribution in [1.82, 2.24) is 4.98 Å². The molecule has 0 atom stereocenters. The molecule has 1 aliphatic rings. The highest BCUT2D eigenvalue weighted by Crippen LogP contribution is 2.33. The molecule has 3 aromatic carbocycles. The zero-order chi connectivity index (χ0) is 23.5. The quantitative estimate of drug-likeness (QED) is 0.412. The zero-order valence-electron chi connectivity index (χ0n) is 18.2. The fourth-order valence-corrected chi connectivity index (χ4v) is 3.98. The first kappa shape index (κ1) is 21.8. The SMILES string of the molecule is O=C(Nc1ccc2nc(-c3ccccc3)cc(N3CCOCC3)c2c1)Nc1ccc(F)cc1F. The van der Waals surface area contributed by atoms with Crippen molar-refractivity contribution in [2.24, 2.45) is 0 Å². The van der Waals surface area contributed by atoms with Crippen LogP contribution in [0, 0.1) is 11.6 Å². The smallest absolute Gasteiger partial charge is 0.323 e. The Labute approximate surface area is 195 Å². The molecule has 1 aromatic heterocycles. The molecule has 0 bridgehead atoms. The Hall–Kier alpha value is -4.04. The van der Waals surface area contributed by atoms with Crippen LogP contribution in [0.4, 0.5) is 30.6 Å². The van der Waals surface area contributed by atoms with Crippen LogP contribution < -0.4 is 15.5 Å². The van der Waals surface area contributed by atoms with Crippen molar-refractivity contribution in [2.45, 2.75) is 0 Å². The second-order valence-electron chi connectivity index (χ2n) is 7.93. The summed E-state index contributed by atoms with van der Waals surface area (Å²) < 4.78 is 32.5. The van der Waals surface area contributed by atoms with Gasteiger partial charge >= 0.3 is 6.03 Å². The number of ether oxygens (including phenoxy) is 1. The van der Waals surface area contributed by atoms with Crippen LogP contribution in [-0.4, -0.2) is 37.3 Å². The summed E-state index contributed by atoms with van der Waals surface area (Å²) >= 11 is 0. The van der Waals surface area contributed by atoms with E-state index in [0.29, 0.717) is 18.9 Å². The molecule has 5 rings (SSSR count). The van der Waals surface area contributed by atoms with Gasteiger partial charge in [0, 0.05) is 41.5 Å². The summed E-state index contributed by atoms with van der Waals surface area (Å²) in [5.41, 5.74) is 4.08. The second-order valence-corrected chi connectivity index (χ2v) is 7.93. The number of amides is 2. The Balaban J connectivity index is 1.48. The van der Waals surface area contributed by atoms with E-state index in [-0.39, 0.29) is 5.69 Å². The molecule has 1 fully saturated rings. The van der Waals surface area contributed by atoms with Crippen LogP contribution in [0.5, 0.6) is 0 Å². The predicted octanol–water partition coefficient (Wildman–Crippen LogP) is 5.66. The summed E-state index contributed by atoms with van der Waals surface area (Å²) in [6.07, 6.45) is 0. The van der Waals surface area contributed by atoms with Gasteiger partial charge in [0.1, 0.15) is 11.6 Å². The lowest BCUT2D eigenvalue weighted by Crippen LogP contribution is -2.36. The molecular weight excluding hydrogens is 438 g/mol. The van der Waals surface area contributed by atoms with Crippen LogP contribution in [-0.2, 0) is 4.74 Å². The number of benzene rings is 3. The second kappa shape index (κ2) is 9.44. The monoisotopic (exact) mass is 460 g/mol. The molecule has 1 saturated heterocycles. The molecule has 2 N–H and O–H groups in total. The number of carbonyl (C=O) groups is 1. The molecule has 0 spiro atoms. The molecule has 172 valence electrons. The minimum absolute atomic E-state index is 0.108. The van der Waals surface area contributed by atoms with E-state index in [0.717, 1.165) is 53.1 Å². The van der Waals surface area contributed by atoms with Crippen LogP contribution in [0.15, 0.2) is 72.8 Å². The van der Waals surface area contributed by atoms with Crippen LogP contribution in [0.3, 0.4) is 0 Å². The number of anilines is 3. The number of nitrogens with zero attached hydrogens (tertiary/aromatic N) is 2. The average Bonchev–Trinajstić information content (AvgIpc) is 2.86. The Morgan fingerprint density at radius 2 is 1.71 bits per heavy atom. The average molecular weight is 460 g/mol. The molecule has 6 nitrogen and oxygen atoms in total. The standard InChI is InChI=1S/C26H22F2N4O2/c27-18-6-8-23(21(28)14-18)31-26(33)29-19-7-9-22-20(15-19)25(32-10-12-34-13-11-32)16-24(30-22)17-4-2-1-3-5-17/h1-9,14-16H,10-13H2,(H2,29,31,33). The van der Waals surface area contributed by atoms with Gasteiger partial charge in [-0.05, 0) is 36.4 Å². The third-order valence-electron chi connectivity index (χ3n) is 5.65. The lowest BCUT2D eigenvalue weighted by molar-refractivity contribution is 0.123. The normalized spacial score (nSPS) is 13.6. The highest BCUT2D eigenvalue weighted by atomic mass is 19.1. The van der Waals surface area contributed by atoms with Crippen molar-refractivity contribution in [1.29, 1.82) is 0 Å². The van der Waals surface area contributed by atoms with Crippen molar-refractivity contribution >= 4 is 34.0 Å². The number of nitrogens with one attached hydrogen (secondary N) is 2. The number of hydrogen-bond acceptors (Lipinski definition) is 4. The van der Waals surface area contributed by atoms with Gasteiger partial charge in [0.15, 0.2) is 0 Å². The molecule has 4 aromatic rings. The summed E-state index contributed by atoms with van der Waals surface area (Å²) in [5, 5.41) is 6.01. The topological polar surface area (TPSA) is 66.5 Å². The van der Waals surface area contributed by atoms with Crippen molar-refractivity contribution in [2.75, 3.05) is 41.8 Å². The fraction of sp³-hybridized carbons (Fsp3) is 0.154. The van der Waals surface area contributed by atoms with Gasteiger partial charge in [-0.15, -0.1) is 0 Å². The van der Waals surface area contributed by atoms with Crippen molar-refractivity contribution in [3.05, 3.63) is 84.4 Å². The summed E-state index contributed by atoms with van der Waals surface area (Å²) in [4.78, 5) is 19.5. The lowest BCUT2D eigenvalue weighted by atomic mass is 10.1. The van der Waals surface area contributed by atoms with E-state index < -0.39 is 17.7 Å². The van der Waals surface area contributed by atoms with E-state index in [1.807, 2.05) is 42.5 Å². The van der Waals surface area contributed by atoms with E-state index in [1.165, 1.54) is 6.07 Å². The Morgan fingerprint density at radius 1 is 0.912 bits per heavy atom. The van der Waals surface area contributed by atoms with Crippen LogP contribution in [0.1, 0.15) is 0 Å². The number of halogens is 2. The van der Waals surface area contributed by atoms with Crippen LogP contribution in [0.2, 0.25) is 0 Å². The molecule has 1 aliphatic heterocycles. The summed E-state index contributed by atoms with van der Waals surface area (Å²) in [5.74, 6) is -1.56. The van der Waals surface area contributed by atoms with E-state index in [4.69, 9.17) is 9.72 Å². The zero-order valence-corrected chi connectivity index (χ0v) is 18.2. The van der Waals surface area contributed by atoms with E-state index in [1.54, 1.807) is 6.07 Å². The summed E-state index contributed by atoms with van der Waals surface area (Å²) in [6.45, 7) is 2.76. The van der Waals surface area contributed by atoms with Crippen LogP contribution >= 0.6 is 0 Å². The number of urea groups is 1. The van der Waals surface area contributed by atoms with E-state index >= 15 is 0 Å². The molecule has 2 amide bonds. The molecule has 0 saturated carbocycles. The van der Waals surface area contributed by atoms with Crippen molar-refractivity contribution < 1.29 is 18.3 Å². The number of rotatable bonds is 4. The summed E-state index contributed by atoms with van der Waals surface area (Å²) in [7, 11) is 0. The molecular formula is C26H22F2N4O2. The lowest BCUT2D eigenvalue weighted by Gasteiger charge is -2.30. The third kappa shape index (κ3) is 4.67. The fourth-order valence-electron chi connectivity index (χ4n) is 3.98.